The first-order chi connectivity index (χ1) is 11.4. The van der Waals surface area contributed by atoms with Crippen molar-refractivity contribution in [1.29, 1.82) is 0 Å². The molecular weight excluding hydrogens is 382 g/mol. The molecule has 0 aliphatic rings. The highest BCUT2D eigenvalue weighted by molar-refractivity contribution is 6.52. The summed E-state index contributed by atoms with van der Waals surface area (Å²) in [6, 6.07) is 27.3. The Balaban J connectivity index is 2.16. The van der Waals surface area contributed by atoms with Crippen LogP contribution in [0, 0.1) is 6.07 Å². The lowest BCUT2D eigenvalue weighted by Gasteiger charge is -2.29. The monoisotopic (exact) mass is 393 g/mol. The minimum atomic E-state index is -1.32. The predicted octanol–water partition coefficient (Wildman–Crippen LogP) is 6.84. The average Bonchev–Trinajstić information content (AvgIpc) is 2.63. The van der Waals surface area contributed by atoms with Gasteiger partial charge in [0.15, 0.2) is 8.67 Å². The van der Waals surface area contributed by atoms with Gasteiger partial charge in [-0.15, -0.1) is 0 Å². The molecule has 1 radical (unpaired) electrons. The largest absolute Gasteiger partial charge is 0.169 e. The summed E-state index contributed by atoms with van der Waals surface area (Å²) >= 11 is 26.8. The minimum absolute atomic E-state index is 0.536. The summed E-state index contributed by atoms with van der Waals surface area (Å²) in [6.07, 6.45) is 0. The fraction of sp³-hybridized carbons (Fsp3) is 0.100. The maximum absolute atomic E-state index is 6.71. The van der Waals surface area contributed by atoms with Crippen molar-refractivity contribution in [2.75, 3.05) is 0 Å². The van der Waals surface area contributed by atoms with Gasteiger partial charge in [0.2, 0.25) is 0 Å². The van der Waals surface area contributed by atoms with E-state index in [0.717, 1.165) is 11.1 Å². The molecule has 0 bridgehead atoms. The molecule has 0 nitrogen and oxygen atoms in total. The van der Waals surface area contributed by atoms with Crippen LogP contribution in [0.1, 0.15) is 22.3 Å². The van der Waals surface area contributed by atoms with Gasteiger partial charge in [-0.25, -0.2) is 0 Å². The highest BCUT2D eigenvalue weighted by Crippen LogP contribution is 2.49. The number of alkyl halides is 4. The zero-order chi connectivity index (χ0) is 17.2. The van der Waals surface area contributed by atoms with Crippen molar-refractivity contribution in [2.45, 2.75) is 8.67 Å². The highest BCUT2D eigenvalue weighted by atomic mass is 35.5. The van der Waals surface area contributed by atoms with E-state index in [1.54, 1.807) is 6.07 Å². The number of hydrogen-bond donors (Lipinski definition) is 0. The number of halogens is 4. The van der Waals surface area contributed by atoms with Crippen LogP contribution in [0.4, 0.5) is 0 Å². The van der Waals surface area contributed by atoms with E-state index in [4.69, 9.17) is 46.4 Å². The molecule has 0 spiro atoms. The van der Waals surface area contributed by atoms with E-state index in [9.17, 15) is 0 Å². The topological polar surface area (TPSA) is 0 Å². The van der Waals surface area contributed by atoms with E-state index < -0.39 is 8.67 Å². The van der Waals surface area contributed by atoms with Gasteiger partial charge in [-0.2, -0.15) is 0 Å². The molecule has 0 N–H and O–H groups in total. The Morgan fingerprint density at radius 1 is 0.583 bits per heavy atom. The maximum Gasteiger partial charge on any atom is 0.169 e. The molecule has 3 rings (SSSR count). The number of hydrogen-bond acceptors (Lipinski definition) is 0. The van der Waals surface area contributed by atoms with Gasteiger partial charge in [0, 0.05) is 5.56 Å². The molecule has 24 heavy (non-hydrogen) atoms. The smallest absolute Gasteiger partial charge is 0.0909 e. The van der Waals surface area contributed by atoms with Crippen LogP contribution in [0.5, 0.6) is 0 Å². The maximum atomic E-state index is 6.71. The van der Waals surface area contributed by atoms with Gasteiger partial charge in [-0.3, -0.25) is 0 Å². The van der Waals surface area contributed by atoms with Crippen molar-refractivity contribution in [3.63, 3.8) is 0 Å². The van der Waals surface area contributed by atoms with E-state index in [1.807, 2.05) is 72.8 Å². The third kappa shape index (κ3) is 3.30. The Hall–Kier alpha value is -1.18. The summed E-state index contributed by atoms with van der Waals surface area (Å²) in [5, 5.41) is 0. The highest BCUT2D eigenvalue weighted by Gasteiger charge is 2.39. The lowest BCUT2D eigenvalue weighted by molar-refractivity contribution is 0.940. The van der Waals surface area contributed by atoms with Gasteiger partial charge in [0.05, 0.1) is 0 Å². The third-order valence-corrected chi connectivity index (χ3v) is 5.44. The van der Waals surface area contributed by atoms with Crippen molar-refractivity contribution in [1.82, 2.24) is 0 Å². The second kappa shape index (κ2) is 6.98. The lowest BCUT2D eigenvalue weighted by Crippen LogP contribution is -2.22. The van der Waals surface area contributed by atoms with Gasteiger partial charge in [0.25, 0.3) is 0 Å². The van der Waals surface area contributed by atoms with Gasteiger partial charge in [-0.1, -0.05) is 125 Å². The molecule has 3 aromatic rings. The molecule has 3 aromatic carbocycles. The molecule has 0 atom stereocenters. The predicted molar refractivity (Wildman–Crippen MR) is 103 cm³/mol. The van der Waals surface area contributed by atoms with Crippen LogP contribution in [0.25, 0.3) is 0 Å². The Kier molecular flexibility index (Phi) is 5.13. The Morgan fingerprint density at radius 3 is 1.62 bits per heavy atom. The van der Waals surface area contributed by atoms with Crippen molar-refractivity contribution in [2.24, 2.45) is 0 Å². The second-order valence-corrected chi connectivity index (χ2v) is 7.99. The summed E-state index contributed by atoms with van der Waals surface area (Å²) in [5.41, 5.74) is 2.61. The first-order valence-electron chi connectivity index (χ1n) is 7.32. The fourth-order valence-electron chi connectivity index (χ4n) is 2.55. The summed E-state index contributed by atoms with van der Waals surface area (Å²) in [5.74, 6) is 0. The minimum Gasteiger partial charge on any atom is -0.0909 e. The van der Waals surface area contributed by atoms with E-state index in [0.29, 0.717) is 11.1 Å². The SMILES string of the molecule is ClC(Cl)(c1ccccc1)c1[c]cccc1C(Cl)(Cl)c1ccccc1. The quantitative estimate of drug-likeness (QED) is 0.424. The average molecular weight is 395 g/mol. The molecule has 0 aliphatic heterocycles. The summed E-state index contributed by atoms with van der Waals surface area (Å²) < 4.78 is -2.61. The number of benzene rings is 3. The summed E-state index contributed by atoms with van der Waals surface area (Å²) in [6.45, 7) is 0. The van der Waals surface area contributed by atoms with Gasteiger partial charge < -0.3 is 0 Å². The van der Waals surface area contributed by atoms with Crippen molar-refractivity contribution < 1.29 is 0 Å². The molecule has 4 heteroatoms. The summed E-state index contributed by atoms with van der Waals surface area (Å²) in [4.78, 5) is 0. The van der Waals surface area contributed by atoms with Crippen LogP contribution in [0.3, 0.4) is 0 Å². The van der Waals surface area contributed by atoms with E-state index in [-0.39, 0.29) is 0 Å². The lowest BCUT2D eigenvalue weighted by atomic mass is 9.93. The molecule has 0 saturated heterocycles. The number of rotatable bonds is 4. The van der Waals surface area contributed by atoms with Crippen LogP contribution < -0.4 is 0 Å². The van der Waals surface area contributed by atoms with Crippen LogP contribution >= 0.6 is 46.4 Å². The van der Waals surface area contributed by atoms with Gasteiger partial charge in [-0.05, 0) is 22.8 Å². The van der Waals surface area contributed by atoms with Gasteiger partial charge in [0.1, 0.15) is 0 Å². The third-order valence-electron chi connectivity index (χ3n) is 3.78. The Bertz CT molecular complexity index is 741. The molecule has 0 unspecified atom stereocenters. The van der Waals surface area contributed by atoms with Crippen molar-refractivity contribution in [3.8, 4) is 0 Å². The van der Waals surface area contributed by atoms with Crippen LogP contribution in [-0.4, -0.2) is 0 Å². The fourth-order valence-corrected chi connectivity index (χ4v) is 3.68. The molecule has 0 saturated carbocycles. The first-order valence-corrected chi connectivity index (χ1v) is 8.83. The summed E-state index contributed by atoms with van der Waals surface area (Å²) in [7, 11) is 0. The van der Waals surface area contributed by atoms with E-state index in [2.05, 4.69) is 6.07 Å². The normalized spacial score (nSPS) is 12.2. The first kappa shape index (κ1) is 17.6. The molecule has 121 valence electrons. The van der Waals surface area contributed by atoms with Crippen molar-refractivity contribution >= 4 is 46.4 Å². The van der Waals surface area contributed by atoms with E-state index >= 15 is 0 Å². The Morgan fingerprint density at radius 2 is 1.08 bits per heavy atom. The van der Waals surface area contributed by atoms with Crippen molar-refractivity contribution in [3.05, 3.63) is 107 Å². The van der Waals surface area contributed by atoms with Crippen LogP contribution in [-0.2, 0) is 8.67 Å². The molecule has 0 aromatic heterocycles. The second-order valence-electron chi connectivity index (χ2n) is 5.34. The standard InChI is InChI=1S/C20H13Cl4/c21-19(22,15-9-3-1-4-10-15)17-13-7-8-14-18(17)20(23,24)16-11-5-2-6-12-16/h1-13H. The molecule has 0 aliphatic carbocycles. The zero-order valence-corrected chi connectivity index (χ0v) is 15.5. The molecule has 0 heterocycles. The zero-order valence-electron chi connectivity index (χ0n) is 12.5. The molecular formula is C20H13Cl4. The molecule has 0 fully saturated rings. The van der Waals surface area contributed by atoms with Crippen LogP contribution in [0.2, 0.25) is 0 Å². The molecule has 0 amide bonds. The Labute approximate surface area is 161 Å². The van der Waals surface area contributed by atoms with E-state index in [1.165, 1.54) is 0 Å². The van der Waals surface area contributed by atoms with Gasteiger partial charge >= 0.3 is 0 Å². The van der Waals surface area contributed by atoms with Crippen LogP contribution in [0.15, 0.2) is 78.9 Å².